The summed E-state index contributed by atoms with van der Waals surface area (Å²) in [5.74, 6) is 1.20. The van der Waals surface area contributed by atoms with Gasteiger partial charge in [-0.2, -0.15) is 5.26 Å². The molecule has 2 aromatic rings. The Morgan fingerprint density at radius 3 is 2.96 bits per heavy atom. The first-order chi connectivity index (χ1) is 11.6. The van der Waals surface area contributed by atoms with Gasteiger partial charge in [0.1, 0.15) is 5.54 Å². The number of rotatable bonds is 7. The molecular weight excluding hydrogens is 342 g/mol. The van der Waals surface area contributed by atoms with E-state index in [1.54, 1.807) is 18.3 Å². The van der Waals surface area contributed by atoms with Gasteiger partial charge in [0.15, 0.2) is 11.0 Å². The zero-order valence-corrected chi connectivity index (χ0v) is 15.3. The fraction of sp³-hybridized carbons (Fsp3) is 0.500. The van der Waals surface area contributed by atoms with E-state index in [9.17, 15) is 10.1 Å². The van der Waals surface area contributed by atoms with Gasteiger partial charge in [0.05, 0.1) is 16.7 Å². The van der Waals surface area contributed by atoms with Crippen molar-refractivity contribution in [3.63, 3.8) is 0 Å². The van der Waals surface area contributed by atoms with Crippen LogP contribution >= 0.6 is 23.1 Å². The molecule has 0 unspecified atom stereocenters. The fourth-order valence-corrected chi connectivity index (χ4v) is 4.13. The Morgan fingerprint density at radius 2 is 2.38 bits per heavy atom. The van der Waals surface area contributed by atoms with Crippen molar-refractivity contribution in [3.8, 4) is 16.8 Å². The molecule has 0 spiro atoms. The number of amides is 1. The molecule has 0 aliphatic heterocycles. The van der Waals surface area contributed by atoms with Gasteiger partial charge in [-0.1, -0.05) is 17.8 Å². The lowest BCUT2D eigenvalue weighted by Crippen LogP contribution is -2.47. The highest BCUT2D eigenvalue weighted by atomic mass is 32.2. The Bertz CT molecular complexity index is 760. The van der Waals surface area contributed by atoms with E-state index < -0.39 is 5.54 Å². The number of carbonyl (C=O) groups excluding carboxylic acids is 1. The van der Waals surface area contributed by atoms with Gasteiger partial charge in [0.2, 0.25) is 5.91 Å². The van der Waals surface area contributed by atoms with Crippen molar-refractivity contribution in [2.24, 2.45) is 5.92 Å². The number of hydrogen-bond acceptors (Lipinski definition) is 6. The van der Waals surface area contributed by atoms with E-state index in [2.05, 4.69) is 21.6 Å². The van der Waals surface area contributed by atoms with Crippen molar-refractivity contribution in [1.82, 2.24) is 20.1 Å². The van der Waals surface area contributed by atoms with Gasteiger partial charge in [-0.3, -0.25) is 4.79 Å². The van der Waals surface area contributed by atoms with Crippen molar-refractivity contribution in [1.29, 1.82) is 5.26 Å². The summed E-state index contributed by atoms with van der Waals surface area (Å²) in [5, 5.41) is 23.4. The number of hydrogen-bond donors (Lipinski definition) is 1. The molecule has 1 saturated carbocycles. The molecule has 2 heterocycles. The number of thioether (sulfide) groups is 1. The topological polar surface area (TPSA) is 83.6 Å². The summed E-state index contributed by atoms with van der Waals surface area (Å²) in [6, 6.07) is 6.23. The van der Waals surface area contributed by atoms with Crippen LogP contribution in [0.15, 0.2) is 22.7 Å². The summed E-state index contributed by atoms with van der Waals surface area (Å²) in [4.78, 5) is 13.3. The van der Waals surface area contributed by atoms with Crippen LogP contribution in [-0.2, 0) is 11.3 Å². The summed E-state index contributed by atoms with van der Waals surface area (Å²) < 4.78 is 2.01. The Kier molecular flexibility index (Phi) is 4.92. The van der Waals surface area contributed by atoms with Crippen LogP contribution in [0.2, 0.25) is 0 Å². The van der Waals surface area contributed by atoms with Crippen molar-refractivity contribution < 1.29 is 4.79 Å². The normalized spacial score (nSPS) is 16.4. The first-order valence-electron chi connectivity index (χ1n) is 7.89. The predicted molar refractivity (Wildman–Crippen MR) is 94.6 cm³/mol. The fourth-order valence-electron chi connectivity index (χ4n) is 2.61. The van der Waals surface area contributed by atoms with Crippen molar-refractivity contribution in [3.05, 3.63) is 17.5 Å². The van der Waals surface area contributed by atoms with Gasteiger partial charge in [-0.05, 0) is 44.1 Å². The molecule has 0 saturated heterocycles. The molecule has 0 aromatic carbocycles. The average Bonchev–Trinajstić information content (AvgIpc) is 3.16. The van der Waals surface area contributed by atoms with E-state index in [0.29, 0.717) is 0 Å². The van der Waals surface area contributed by atoms with Crippen LogP contribution in [0.1, 0.15) is 26.7 Å². The van der Waals surface area contributed by atoms with E-state index in [0.717, 1.165) is 35.2 Å². The highest BCUT2D eigenvalue weighted by Crippen LogP contribution is 2.39. The molecule has 1 N–H and O–H groups in total. The average molecular weight is 361 g/mol. The largest absolute Gasteiger partial charge is 0.337 e. The van der Waals surface area contributed by atoms with E-state index in [-0.39, 0.29) is 17.6 Å². The lowest BCUT2D eigenvalue weighted by atomic mass is 9.98. The van der Waals surface area contributed by atoms with Gasteiger partial charge >= 0.3 is 0 Å². The number of thiophene rings is 1. The summed E-state index contributed by atoms with van der Waals surface area (Å²) >= 11 is 2.97. The van der Waals surface area contributed by atoms with Crippen LogP contribution in [0.5, 0.6) is 0 Å². The predicted octanol–water partition coefficient (Wildman–Crippen LogP) is 2.93. The molecule has 1 amide bonds. The second kappa shape index (κ2) is 6.95. The van der Waals surface area contributed by atoms with E-state index in [4.69, 9.17) is 0 Å². The van der Waals surface area contributed by atoms with Crippen LogP contribution in [0.25, 0.3) is 10.7 Å². The molecule has 1 aliphatic rings. The first kappa shape index (κ1) is 17.0. The lowest BCUT2D eigenvalue weighted by Gasteiger charge is -2.22. The maximum absolute atomic E-state index is 12.2. The highest BCUT2D eigenvalue weighted by molar-refractivity contribution is 7.99. The third-order valence-corrected chi connectivity index (χ3v) is 5.96. The molecular formula is C16H19N5OS2. The Labute approximate surface area is 149 Å². The van der Waals surface area contributed by atoms with Gasteiger partial charge in [0.25, 0.3) is 0 Å². The van der Waals surface area contributed by atoms with Crippen molar-refractivity contribution in [2.75, 3.05) is 5.75 Å². The quantitative estimate of drug-likeness (QED) is 0.767. The number of aromatic nitrogens is 3. The second-order valence-electron chi connectivity index (χ2n) is 5.95. The zero-order chi connectivity index (χ0) is 17.2. The SMILES string of the molecule is CCn1c(SCC(=O)N[C@](C)(C#N)C2CC2)nnc1-c1cccs1. The summed E-state index contributed by atoms with van der Waals surface area (Å²) in [6.45, 7) is 4.57. The second-order valence-corrected chi connectivity index (χ2v) is 7.84. The molecule has 2 aromatic heterocycles. The summed E-state index contributed by atoms with van der Waals surface area (Å²) in [5.41, 5.74) is -0.752. The number of carbonyl (C=O) groups is 1. The van der Waals surface area contributed by atoms with E-state index >= 15 is 0 Å². The molecule has 126 valence electrons. The molecule has 0 bridgehead atoms. The standard InChI is InChI=1S/C16H19N5OS2/c1-3-21-14(12-5-4-8-23-12)19-20-15(21)24-9-13(22)18-16(2,10-17)11-6-7-11/h4-5,8,11H,3,6-7,9H2,1-2H3,(H,18,22)/t16-/m1/s1. The zero-order valence-electron chi connectivity index (χ0n) is 13.7. The third-order valence-electron chi connectivity index (χ3n) is 4.13. The molecule has 3 rings (SSSR count). The smallest absolute Gasteiger partial charge is 0.231 e. The number of nitrogens with zero attached hydrogens (tertiary/aromatic N) is 4. The minimum atomic E-state index is -0.752. The lowest BCUT2D eigenvalue weighted by molar-refractivity contribution is -0.119. The Morgan fingerprint density at radius 1 is 1.58 bits per heavy atom. The van der Waals surface area contributed by atoms with Gasteiger partial charge < -0.3 is 9.88 Å². The monoisotopic (exact) mass is 361 g/mol. The molecule has 1 fully saturated rings. The Hall–Kier alpha value is -1.85. The minimum absolute atomic E-state index is 0.140. The maximum Gasteiger partial charge on any atom is 0.231 e. The summed E-state index contributed by atoms with van der Waals surface area (Å²) in [7, 11) is 0. The molecule has 6 nitrogen and oxygen atoms in total. The van der Waals surface area contributed by atoms with Crippen molar-refractivity contribution in [2.45, 2.75) is 43.9 Å². The van der Waals surface area contributed by atoms with Gasteiger partial charge in [-0.25, -0.2) is 0 Å². The van der Waals surface area contributed by atoms with Crippen LogP contribution in [0.4, 0.5) is 0 Å². The summed E-state index contributed by atoms with van der Waals surface area (Å²) in [6.07, 6.45) is 2.01. The molecule has 1 aliphatic carbocycles. The highest BCUT2D eigenvalue weighted by Gasteiger charge is 2.42. The molecule has 8 heteroatoms. The molecule has 24 heavy (non-hydrogen) atoms. The first-order valence-corrected chi connectivity index (χ1v) is 9.76. The number of nitrogens with one attached hydrogen (secondary N) is 1. The van der Waals surface area contributed by atoms with E-state index in [1.165, 1.54) is 11.8 Å². The number of nitriles is 1. The maximum atomic E-state index is 12.2. The minimum Gasteiger partial charge on any atom is -0.337 e. The molecule has 0 radical (unpaired) electrons. The van der Waals surface area contributed by atoms with E-state index in [1.807, 2.05) is 29.0 Å². The van der Waals surface area contributed by atoms with Crippen molar-refractivity contribution >= 4 is 29.0 Å². The van der Waals surface area contributed by atoms with Gasteiger partial charge in [-0.15, -0.1) is 21.5 Å². The molecule has 1 atom stereocenters. The Balaban J connectivity index is 1.64. The van der Waals surface area contributed by atoms with Crippen LogP contribution < -0.4 is 5.32 Å². The van der Waals surface area contributed by atoms with Crippen LogP contribution in [0.3, 0.4) is 0 Å². The third kappa shape index (κ3) is 3.47. The van der Waals surface area contributed by atoms with Crippen LogP contribution in [0, 0.1) is 17.2 Å². The van der Waals surface area contributed by atoms with Crippen LogP contribution in [-0.4, -0.2) is 32.0 Å². The van der Waals surface area contributed by atoms with Gasteiger partial charge in [0, 0.05) is 6.54 Å².